The van der Waals surface area contributed by atoms with Gasteiger partial charge in [0.2, 0.25) is 11.8 Å². The molecule has 4 atom stereocenters. The number of hydrogen-bond acceptors (Lipinski definition) is 4. The number of halogens is 1. The molecule has 2 bridgehead atoms. The molecule has 1 aromatic rings. The molecule has 1 heterocycles. The molecule has 2 N–H and O–H groups in total. The Balaban J connectivity index is 0.00000306. The Bertz CT molecular complexity index is 873. The molecule has 7 nitrogen and oxygen atoms in total. The molecule has 1 saturated carbocycles. The van der Waals surface area contributed by atoms with E-state index in [-0.39, 0.29) is 59.5 Å². The van der Waals surface area contributed by atoms with Crippen molar-refractivity contribution >= 4 is 41.8 Å². The van der Waals surface area contributed by atoms with E-state index in [1.54, 1.807) is 0 Å². The number of hydrogen-bond donors (Lipinski definition) is 2. The predicted molar refractivity (Wildman–Crippen MR) is 140 cm³/mol. The van der Waals surface area contributed by atoms with E-state index in [0.717, 1.165) is 37.6 Å². The number of fused-ring (bicyclic) bond motifs is 5. The number of nitrogens with one attached hydrogen (secondary N) is 2. The zero-order valence-electron chi connectivity index (χ0n) is 19.5. The lowest BCUT2D eigenvalue weighted by Gasteiger charge is -2.17. The first-order valence-corrected chi connectivity index (χ1v) is 11.9. The molecule has 4 rings (SSSR count). The molecule has 8 heteroatoms. The SMILES string of the molecule is CCNC(=NCCCN1C(=O)C2C3C=CC(C3)C2C1=O)NCCc1cccc(OCC)c1.I. The van der Waals surface area contributed by atoms with Crippen molar-refractivity contribution in [3.8, 4) is 5.75 Å². The van der Waals surface area contributed by atoms with Crippen molar-refractivity contribution in [3.05, 3.63) is 42.0 Å². The van der Waals surface area contributed by atoms with Crippen LogP contribution in [0, 0.1) is 23.7 Å². The second-order valence-electron chi connectivity index (χ2n) is 8.70. The van der Waals surface area contributed by atoms with E-state index in [9.17, 15) is 9.59 Å². The quantitative estimate of drug-likeness (QED) is 0.114. The van der Waals surface area contributed by atoms with Gasteiger partial charge in [-0.25, -0.2) is 0 Å². The number of rotatable bonds is 10. The summed E-state index contributed by atoms with van der Waals surface area (Å²) in [5.41, 5.74) is 1.21. The van der Waals surface area contributed by atoms with Gasteiger partial charge in [-0.2, -0.15) is 0 Å². The van der Waals surface area contributed by atoms with E-state index in [1.807, 2.05) is 26.0 Å². The number of aliphatic imine (C=N–C) groups is 1. The van der Waals surface area contributed by atoms with Crippen molar-refractivity contribution in [2.75, 3.05) is 32.8 Å². The number of allylic oxidation sites excluding steroid dienone is 2. The number of imide groups is 1. The van der Waals surface area contributed by atoms with Crippen molar-refractivity contribution in [3.63, 3.8) is 0 Å². The van der Waals surface area contributed by atoms with Crippen LogP contribution in [0.2, 0.25) is 0 Å². The third kappa shape index (κ3) is 5.70. The normalized spacial score (nSPS) is 25.3. The van der Waals surface area contributed by atoms with Crippen LogP contribution < -0.4 is 15.4 Å². The van der Waals surface area contributed by atoms with Gasteiger partial charge in [-0.15, -0.1) is 24.0 Å². The standard InChI is InChI=1S/C25H34N4O3.HI/c1-3-26-25(28-13-11-17-7-5-8-20(15-17)32-4-2)27-12-6-14-29-23(30)21-18-9-10-19(16-18)22(21)24(29)31;/h5,7-10,15,18-19,21-22H,3-4,6,11-14,16H2,1-2H3,(H2,26,27,28);1H. The Kier molecular flexibility index (Phi) is 9.17. The first kappa shape index (κ1) is 25.5. The third-order valence-corrected chi connectivity index (χ3v) is 6.63. The number of benzene rings is 1. The summed E-state index contributed by atoms with van der Waals surface area (Å²) in [5.74, 6) is 2.02. The van der Waals surface area contributed by atoms with E-state index in [2.05, 4.69) is 39.9 Å². The minimum atomic E-state index is -0.110. The minimum Gasteiger partial charge on any atom is -0.494 e. The Morgan fingerprint density at radius 2 is 1.85 bits per heavy atom. The molecule has 0 spiro atoms. The summed E-state index contributed by atoms with van der Waals surface area (Å²) >= 11 is 0. The van der Waals surface area contributed by atoms with Crippen LogP contribution in [-0.4, -0.2) is 55.5 Å². The zero-order chi connectivity index (χ0) is 22.5. The maximum atomic E-state index is 12.8. The molecule has 2 fully saturated rings. The molecule has 2 aliphatic carbocycles. The largest absolute Gasteiger partial charge is 0.494 e. The zero-order valence-corrected chi connectivity index (χ0v) is 21.8. The van der Waals surface area contributed by atoms with Gasteiger partial charge in [0.05, 0.1) is 18.4 Å². The minimum absolute atomic E-state index is 0. The fourth-order valence-electron chi connectivity index (χ4n) is 5.23. The second kappa shape index (κ2) is 11.9. The van der Waals surface area contributed by atoms with E-state index in [0.29, 0.717) is 26.1 Å². The molecule has 1 saturated heterocycles. The van der Waals surface area contributed by atoms with E-state index in [1.165, 1.54) is 10.5 Å². The van der Waals surface area contributed by atoms with Gasteiger partial charge in [0, 0.05) is 26.2 Å². The summed E-state index contributed by atoms with van der Waals surface area (Å²) in [6.45, 7) is 7.22. The van der Waals surface area contributed by atoms with Crippen LogP contribution in [0.15, 0.2) is 41.4 Å². The summed E-state index contributed by atoms with van der Waals surface area (Å²) in [4.78, 5) is 31.6. The van der Waals surface area contributed by atoms with Crippen molar-refractivity contribution in [1.29, 1.82) is 0 Å². The summed E-state index contributed by atoms with van der Waals surface area (Å²) in [6.07, 6.45) is 6.77. The van der Waals surface area contributed by atoms with Crippen LogP contribution in [-0.2, 0) is 16.0 Å². The monoisotopic (exact) mass is 566 g/mol. The lowest BCUT2D eigenvalue weighted by atomic mass is 9.85. The van der Waals surface area contributed by atoms with Crippen LogP contribution in [0.4, 0.5) is 0 Å². The molecule has 0 radical (unpaired) electrons. The number of nitrogens with zero attached hydrogens (tertiary/aromatic N) is 2. The number of likely N-dealkylation sites (tertiary alicyclic amines) is 1. The number of carbonyl (C=O) groups is 2. The Morgan fingerprint density at radius 3 is 2.52 bits per heavy atom. The summed E-state index contributed by atoms with van der Waals surface area (Å²) in [6, 6.07) is 8.14. The smallest absolute Gasteiger partial charge is 0.233 e. The lowest BCUT2D eigenvalue weighted by molar-refractivity contribution is -0.140. The Hall–Kier alpha value is -2.10. The average molecular weight is 566 g/mol. The molecule has 180 valence electrons. The fraction of sp³-hybridized carbons (Fsp3) is 0.560. The van der Waals surface area contributed by atoms with E-state index < -0.39 is 0 Å². The molecular formula is C25H35IN4O3. The molecule has 33 heavy (non-hydrogen) atoms. The molecule has 0 aromatic heterocycles. The molecule has 3 aliphatic rings. The van der Waals surface area contributed by atoms with Gasteiger partial charge in [0.15, 0.2) is 5.96 Å². The van der Waals surface area contributed by atoms with Crippen molar-refractivity contribution in [2.45, 2.75) is 33.1 Å². The maximum absolute atomic E-state index is 12.8. The van der Waals surface area contributed by atoms with Crippen LogP contribution in [0.5, 0.6) is 5.75 Å². The predicted octanol–water partition coefficient (Wildman–Crippen LogP) is 3.00. The first-order chi connectivity index (χ1) is 15.6. The highest BCUT2D eigenvalue weighted by molar-refractivity contribution is 14.0. The van der Waals surface area contributed by atoms with Gasteiger partial charge in [0.1, 0.15) is 5.75 Å². The van der Waals surface area contributed by atoms with Gasteiger partial charge in [0.25, 0.3) is 0 Å². The molecule has 1 aromatic carbocycles. The van der Waals surface area contributed by atoms with Crippen LogP contribution >= 0.6 is 24.0 Å². The Labute approximate surface area is 213 Å². The molecular weight excluding hydrogens is 531 g/mol. The van der Waals surface area contributed by atoms with Crippen LogP contribution in [0.1, 0.15) is 32.3 Å². The average Bonchev–Trinajstić information content (AvgIpc) is 3.46. The van der Waals surface area contributed by atoms with Crippen LogP contribution in [0.3, 0.4) is 0 Å². The molecule has 1 aliphatic heterocycles. The van der Waals surface area contributed by atoms with Crippen molar-refractivity contribution in [1.82, 2.24) is 15.5 Å². The molecule has 2 amide bonds. The van der Waals surface area contributed by atoms with E-state index in [4.69, 9.17) is 4.74 Å². The van der Waals surface area contributed by atoms with E-state index >= 15 is 0 Å². The number of guanidine groups is 1. The van der Waals surface area contributed by atoms with Gasteiger partial charge in [-0.1, -0.05) is 24.3 Å². The van der Waals surface area contributed by atoms with Crippen molar-refractivity contribution in [2.24, 2.45) is 28.7 Å². The highest BCUT2D eigenvalue weighted by atomic mass is 127. The van der Waals surface area contributed by atoms with Crippen LogP contribution in [0.25, 0.3) is 0 Å². The fourth-order valence-corrected chi connectivity index (χ4v) is 5.23. The van der Waals surface area contributed by atoms with Crippen molar-refractivity contribution < 1.29 is 14.3 Å². The number of carbonyl (C=O) groups excluding carboxylic acids is 2. The number of amides is 2. The number of ether oxygens (including phenoxy) is 1. The lowest BCUT2D eigenvalue weighted by Crippen LogP contribution is -2.38. The molecule has 4 unspecified atom stereocenters. The Morgan fingerprint density at radius 1 is 1.12 bits per heavy atom. The topological polar surface area (TPSA) is 83.0 Å². The third-order valence-electron chi connectivity index (χ3n) is 6.63. The summed E-state index contributed by atoms with van der Waals surface area (Å²) < 4.78 is 5.56. The highest BCUT2D eigenvalue weighted by Gasteiger charge is 2.58. The second-order valence-corrected chi connectivity index (χ2v) is 8.70. The summed E-state index contributed by atoms with van der Waals surface area (Å²) in [5, 5.41) is 6.62. The van der Waals surface area contributed by atoms with Gasteiger partial charge in [-0.3, -0.25) is 19.5 Å². The van der Waals surface area contributed by atoms with Gasteiger partial charge >= 0.3 is 0 Å². The highest BCUT2D eigenvalue weighted by Crippen LogP contribution is 2.52. The maximum Gasteiger partial charge on any atom is 0.233 e. The summed E-state index contributed by atoms with van der Waals surface area (Å²) in [7, 11) is 0. The van der Waals surface area contributed by atoms with Gasteiger partial charge in [-0.05, 0) is 62.6 Å². The van der Waals surface area contributed by atoms with Gasteiger partial charge < -0.3 is 15.4 Å². The first-order valence-electron chi connectivity index (χ1n) is 11.9.